The zero-order valence-corrected chi connectivity index (χ0v) is 17.7. The second kappa shape index (κ2) is 17.0. The lowest BCUT2D eigenvalue weighted by Crippen LogP contribution is -2.34. The van der Waals surface area contributed by atoms with E-state index >= 15 is 0 Å². The van der Waals surface area contributed by atoms with Gasteiger partial charge in [-0.05, 0) is 20.3 Å². The third kappa shape index (κ3) is 15.2. The molecule has 0 saturated heterocycles. The Morgan fingerprint density at radius 2 is 1.33 bits per heavy atom. The van der Waals surface area contributed by atoms with Gasteiger partial charge in [-0.2, -0.15) is 0 Å². The molecule has 0 heterocycles. The number of aliphatic hydroxyl groups is 3. The van der Waals surface area contributed by atoms with Gasteiger partial charge in [0.25, 0.3) is 0 Å². The minimum Gasteiger partial charge on any atom is -0.431 e. The van der Waals surface area contributed by atoms with Crippen molar-refractivity contribution in [3.05, 3.63) is 0 Å². The van der Waals surface area contributed by atoms with E-state index in [-0.39, 0.29) is 46.2 Å². The molecule has 0 rings (SSSR count). The molecule has 12 heteroatoms. The number of carbonyl (C=O) groups excluding carboxylic acids is 2. The molecule has 0 spiro atoms. The highest BCUT2D eigenvalue weighted by Gasteiger charge is 2.23. The Balaban J connectivity index is 4.22. The third-order valence-electron chi connectivity index (χ3n) is 3.38. The van der Waals surface area contributed by atoms with Gasteiger partial charge >= 0.3 is 12.3 Å². The van der Waals surface area contributed by atoms with Crippen molar-refractivity contribution in [2.24, 2.45) is 0 Å². The molecule has 0 aliphatic heterocycles. The van der Waals surface area contributed by atoms with E-state index in [9.17, 15) is 9.59 Å². The van der Waals surface area contributed by atoms with Crippen LogP contribution in [0.3, 0.4) is 0 Å². The Labute approximate surface area is 175 Å². The zero-order valence-electron chi connectivity index (χ0n) is 17.7. The van der Waals surface area contributed by atoms with Gasteiger partial charge in [0.15, 0.2) is 0 Å². The molecule has 0 bridgehead atoms. The molecule has 0 aliphatic rings. The maximum Gasteiger partial charge on any atom is 0.510 e. The lowest BCUT2D eigenvalue weighted by Gasteiger charge is -2.27. The Morgan fingerprint density at radius 3 is 1.80 bits per heavy atom. The summed E-state index contributed by atoms with van der Waals surface area (Å²) in [6.07, 6.45) is -2.89. The van der Waals surface area contributed by atoms with Crippen LogP contribution in [0.2, 0.25) is 0 Å². The van der Waals surface area contributed by atoms with Gasteiger partial charge < -0.3 is 48.5 Å². The van der Waals surface area contributed by atoms with Crippen LogP contribution in [-0.2, 0) is 33.2 Å². The molecular formula is C18H34O12. The summed E-state index contributed by atoms with van der Waals surface area (Å²) in [5.74, 6) is 0. The molecule has 3 N–H and O–H groups in total. The standard InChI is InChI=1S/C18H34O12/c1-4-5-18(2,3)28-13-15(25-9-7-20)30-17(23)27-11-10-26-16(22)29-14(12-21)24-8-6-19/h14-15,19-21H,4-13H2,1-3H3. The molecule has 2 atom stereocenters. The van der Waals surface area contributed by atoms with Gasteiger partial charge in [0.1, 0.15) is 26.4 Å². The number of hydrogen-bond acceptors (Lipinski definition) is 12. The number of aliphatic hydroxyl groups excluding tert-OH is 3. The molecule has 0 aliphatic carbocycles. The van der Waals surface area contributed by atoms with E-state index in [1.807, 2.05) is 20.8 Å². The highest BCUT2D eigenvalue weighted by molar-refractivity contribution is 5.60. The second-order valence-electron chi connectivity index (χ2n) is 6.48. The first-order valence-electron chi connectivity index (χ1n) is 9.64. The SMILES string of the molecule is CCCC(C)(C)OCC(OCCO)OC(=O)OCCOC(=O)OC(CO)OCCO. The summed E-state index contributed by atoms with van der Waals surface area (Å²) >= 11 is 0. The van der Waals surface area contributed by atoms with Crippen molar-refractivity contribution in [1.29, 1.82) is 0 Å². The van der Waals surface area contributed by atoms with Crippen LogP contribution in [0.15, 0.2) is 0 Å². The molecule has 2 unspecified atom stereocenters. The van der Waals surface area contributed by atoms with Crippen LogP contribution in [0, 0.1) is 0 Å². The molecular weight excluding hydrogens is 408 g/mol. The van der Waals surface area contributed by atoms with Crippen molar-refractivity contribution in [2.75, 3.05) is 52.9 Å². The van der Waals surface area contributed by atoms with Crippen LogP contribution < -0.4 is 0 Å². The van der Waals surface area contributed by atoms with Crippen molar-refractivity contribution in [3.63, 3.8) is 0 Å². The summed E-state index contributed by atoms with van der Waals surface area (Å²) in [5.41, 5.74) is -0.440. The zero-order chi connectivity index (χ0) is 22.8. The van der Waals surface area contributed by atoms with E-state index in [1.165, 1.54) is 0 Å². The fraction of sp³-hybridized carbons (Fsp3) is 0.889. The summed E-state index contributed by atoms with van der Waals surface area (Å²) < 4.78 is 34.8. The molecule has 0 amide bonds. The Kier molecular flexibility index (Phi) is 16.1. The van der Waals surface area contributed by atoms with Crippen LogP contribution in [0.25, 0.3) is 0 Å². The van der Waals surface area contributed by atoms with Crippen molar-refractivity contribution in [2.45, 2.75) is 51.8 Å². The van der Waals surface area contributed by atoms with Crippen molar-refractivity contribution in [1.82, 2.24) is 0 Å². The van der Waals surface area contributed by atoms with Crippen molar-refractivity contribution in [3.8, 4) is 0 Å². The minimum atomic E-state index is -1.28. The topological polar surface area (TPSA) is 159 Å². The third-order valence-corrected chi connectivity index (χ3v) is 3.38. The summed E-state index contributed by atoms with van der Waals surface area (Å²) in [6.45, 7) is 3.69. The van der Waals surface area contributed by atoms with Gasteiger partial charge in [0.05, 0.1) is 32.0 Å². The maximum absolute atomic E-state index is 11.8. The number of ether oxygens (including phenoxy) is 7. The van der Waals surface area contributed by atoms with Crippen LogP contribution >= 0.6 is 0 Å². The Hall–Kier alpha value is -1.70. The Bertz CT molecular complexity index is 456. The molecule has 0 fully saturated rings. The normalized spacial score (nSPS) is 13.4. The largest absolute Gasteiger partial charge is 0.510 e. The molecule has 0 radical (unpaired) electrons. The average molecular weight is 442 g/mol. The monoisotopic (exact) mass is 442 g/mol. The highest BCUT2D eigenvalue weighted by atomic mass is 16.8. The predicted molar refractivity (Wildman–Crippen MR) is 101 cm³/mol. The highest BCUT2D eigenvalue weighted by Crippen LogP contribution is 2.17. The van der Waals surface area contributed by atoms with Gasteiger partial charge in [-0.25, -0.2) is 9.59 Å². The van der Waals surface area contributed by atoms with E-state index in [0.717, 1.165) is 12.8 Å². The smallest absolute Gasteiger partial charge is 0.431 e. The second-order valence-corrected chi connectivity index (χ2v) is 6.48. The van der Waals surface area contributed by atoms with Gasteiger partial charge in [0, 0.05) is 0 Å². The molecule has 178 valence electrons. The molecule has 0 saturated carbocycles. The molecule has 30 heavy (non-hydrogen) atoms. The van der Waals surface area contributed by atoms with E-state index in [4.69, 9.17) is 39.0 Å². The summed E-state index contributed by atoms with van der Waals surface area (Å²) in [6, 6.07) is 0. The van der Waals surface area contributed by atoms with Gasteiger partial charge in [-0.1, -0.05) is 13.3 Å². The van der Waals surface area contributed by atoms with E-state index < -0.39 is 37.1 Å². The molecule has 12 nitrogen and oxygen atoms in total. The first kappa shape index (κ1) is 28.3. The van der Waals surface area contributed by atoms with Crippen molar-refractivity contribution >= 4 is 12.3 Å². The predicted octanol–water partition coefficient (Wildman–Crippen LogP) is 0.550. The number of hydrogen-bond donors (Lipinski definition) is 3. The van der Waals surface area contributed by atoms with Crippen LogP contribution in [-0.4, -0.2) is 98.7 Å². The van der Waals surface area contributed by atoms with E-state index in [1.54, 1.807) is 0 Å². The Morgan fingerprint density at radius 1 is 0.833 bits per heavy atom. The van der Waals surface area contributed by atoms with Gasteiger partial charge in [0.2, 0.25) is 12.6 Å². The van der Waals surface area contributed by atoms with Gasteiger partial charge in [-0.15, -0.1) is 0 Å². The molecule has 0 aromatic carbocycles. The van der Waals surface area contributed by atoms with Crippen LogP contribution in [0.5, 0.6) is 0 Å². The number of rotatable bonds is 17. The fourth-order valence-corrected chi connectivity index (χ4v) is 2.11. The van der Waals surface area contributed by atoms with Crippen LogP contribution in [0.4, 0.5) is 9.59 Å². The molecule has 0 aromatic rings. The van der Waals surface area contributed by atoms with E-state index in [2.05, 4.69) is 9.47 Å². The quantitative estimate of drug-likeness (QED) is 0.163. The summed E-state index contributed by atoms with van der Waals surface area (Å²) in [5, 5.41) is 26.4. The number of carbonyl (C=O) groups is 2. The fourth-order valence-electron chi connectivity index (χ4n) is 2.11. The summed E-state index contributed by atoms with van der Waals surface area (Å²) in [7, 11) is 0. The lowest BCUT2D eigenvalue weighted by molar-refractivity contribution is -0.180. The maximum atomic E-state index is 11.8. The first-order valence-corrected chi connectivity index (χ1v) is 9.64. The molecule has 0 aromatic heterocycles. The van der Waals surface area contributed by atoms with Crippen LogP contribution in [0.1, 0.15) is 33.6 Å². The first-order chi connectivity index (χ1) is 14.3. The van der Waals surface area contributed by atoms with Gasteiger partial charge in [-0.3, -0.25) is 0 Å². The average Bonchev–Trinajstić information content (AvgIpc) is 2.70. The lowest BCUT2D eigenvalue weighted by atomic mass is 10.0. The minimum absolute atomic E-state index is 0.0543. The summed E-state index contributed by atoms with van der Waals surface area (Å²) in [4.78, 5) is 23.2. The van der Waals surface area contributed by atoms with Crippen molar-refractivity contribution < 1.29 is 58.1 Å². The van der Waals surface area contributed by atoms with E-state index in [0.29, 0.717) is 0 Å².